The van der Waals surface area contributed by atoms with Crippen molar-refractivity contribution < 1.29 is 4.74 Å². The van der Waals surface area contributed by atoms with Crippen LogP contribution in [0.2, 0.25) is 0 Å². The molecule has 3 nitrogen and oxygen atoms in total. The van der Waals surface area contributed by atoms with Gasteiger partial charge in [-0.2, -0.15) is 5.26 Å². The lowest BCUT2D eigenvalue weighted by Crippen LogP contribution is -2.24. The number of nitriles is 1. The van der Waals surface area contributed by atoms with Crippen LogP contribution in [0.3, 0.4) is 0 Å². The largest absolute Gasteiger partial charge is 0.381 e. The van der Waals surface area contributed by atoms with Gasteiger partial charge in [0.1, 0.15) is 0 Å². The Bertz CT molecular complexity index is 227. The average Bonchev–Trinajstić information content (AvgIpc) is 2.76. The fourth-order valence-electron chi connectivity index (χ4n) is 1.92. The molecule has 0 spiro atoms. The van der Waals surface area contributed by atoms with Crippen molar-refractivity contribution in [3.05, 3.63) is 0 Å². The molecule has 0 aromatic heterocycles. The van der Waals surface area contributed by atoms with Gasteiger partial charge in [0.15, 0.2) is 0 Å². The van der Waals surface area contributed by atoms with E-state index < -0.39 is 0 Å². The van der Waals surface area contributed by atoms with Crippen LogP contribution in [0.25, 0.3) is 0 Å². The predicted octanol–water partition coefficient (Wildman–Crippen LogP) is 2.33. The van der Waals surface area contributed by atoms with Gasteiger partial charge in [0.05, 0.1) is 18.1 Å². The third-order valence-electron chi connectivity index (χ3n) is 3.16. The SMILES string of the molecule is CC(C)(C#N)CCCCNCC1CCOC1. The molecule has 3 heteroatoms. The molecule has 1 rings (SSSR count). The van der Waals surface area contributed by atoms with E-state index in [1.54, 1.807) is 0 Å². The second kappa shape index (κ2) is 6.88. The summed E-state index contributed by atoms with van der Waals surface area (Å²) >= 11 is 0. The molecule has 0 radical (unpaired) electrons. The molecule has 1 aliphatic heterocycles. The van der Waals surface area contributed by atoms with E-state index in [0.717, 1.165) is 45.1 Å². The fourth-order valence-corrected chi connectivity index (χ4v) is 1.92. The van der Waals surface area contributed by atoms with Crippen molar-refractivity contribution in [2.75, 3.05) is 26.3 Å². The van der Waals surface area contributed by atoms with E-state index in [-0.39, 0.29) is 5.41 Å². The molecule has 1 fully saturated rings. The Kier molecular flexibility index (Phi) is 5.79. The first-order valence-electron chi connectivity index (χ1n) is 6.34. The van der Waals surface area contributed by atoms with Crippen molar-refractivity contribution in [3.8, 4) is 6.07 Å². The summed E-state index contributed by atoms with van der Waals surface area (Å²) < 4.78 is 5.32. The molecule has 0 bridgehead atoms. The van der Waals surface area contributed by atoms with E-state index in [4.69, 9.17) is 10.00 Å². The second-order valence-electron chi connectivity index (χ2n) is 5.39. The van der Waals surface area contributed by atoms with Gasteiger partial charge >= 0.3 is 0 Å². The molecule has 0 aliphatic carbocycles. The third-order valence-corrected chi connectivity index (χ3v) is 3.16. The molecule has 1 atom stereocenters. The number of nitrogens with zero attached hydrogens (tertiary/aromatic N) is 1. The fraction of sp³-hybridized carbons (Fsp3) is 0.923. The molecule has 0 aromatic rings. The maximum absolute atomic E-state index is 8.86. The van der Waals surface area contributed by atoms with Gasteiger partial charge in [0.25, 0.3) is 0 Å². The van der Waals surface area contributed by atoms with Crippen LogP contribution in [-0.2, 0) is 4.74 Å². The molecule has 1 heterocycles. The molecule has 0 saturated carbocycles. The van der Waals surface area contributed by atoms with E-state index in [1.165, 1.54) is 12.8 Å². The number of hydrogen-bond donors (Lipinski definition) is 1. The highest BCUT2D eigenvalue weighted by Crippen LogP contribution is 2.21. The molecule has 1 N–H and O–H groups in total. The first kappa shape index (κ1) is 13.5. The molecular formula is C13H24N2O. The van der Waals surface area contributed by atoms with Gasteiger partial charge in [-0.15, -0.1) is 0 Å². The topological polar surface area (TPSA) is 45.0 Å². The Morgan fingerprint density at radius 2 is 2.25 bits per heavy atom. The highest BCUT2D eigenvalue weighted by Gasteiger charge is 2.16. The number of rotatable bonds is 7. The van der Waals surface area contributed by atoms with E-state index >= 15 is 0 Å². The van der Waals surface area contributed by atoms with Gasteiger partial charge in [0, 0.05) is 13.2 Å². The Balaban J connectivity index is 1.90. The van der Waals surface area contributed by atoms with Crippen LogP contribution < -0.4 is 5.32 Å². The zero-order valence-electron chi connectivity index (χ0n) is 10.6. The lowest BCUT2D eigenvalue weighted by Gasteiger charge is -2.14. The second-order valence-corrected chi connectivity index (χ2v) is 5.39. The quantitative estimate of drug-likeness (QED) is 0.675. The van der Waals surface area contributed by atoms with E-state index in [9.17, 15) is 0 Å². The minimum Gasteiger partial charge on any atom is -0.381 e. The zero-order chi connectivity index (χ0) is 11.9. The number of ether oxygens (including phenoxy) is 1. The highest BCUT2D eigenvalue weighted by atomic mass is 16.5. The Morgan fingerprint density at radius 3 is 2.88 bits per heavy atom. The summed E-state index contributed by atoms with van der Waals surface area (Å²) in [7, 11) is 0. The van der Waals surface area contributed by atoms with Crippen molar-refractivity contribution in [1.29, 1.82) is 5.26 Å². The predicted molar refractivity (Wildman–Crippen MR) is 65.0 cm³/mol. The summed E-state index contributed by atoms with van der Waals surface area (Å²) in [6.07, 6.45) is 4.50. The van der Waals surface area contributed by atoms with Crippen molar-refractivity contribution in [2.24, 2.45) is 11.3 Å². The molecule has 1 saturated heterocycles. The lowest BCUT2D eigenvalue weighted by atomic mass is 9.89. The highest BCUT2D eigenvalue weighted by molar-refractivity contribution is 4.91. The summed E-state index contributed by atoms with van der Waals surface area (Å²) in [6, 6.07) is 2.34. The van der Waals surface area contributed by atoms with Gasteiger partial charge < -0.3 is 10.1 Å². The Labute approximate surface area is 99.2 Å². The molecule has 1 unspecified atom stereocenters. The number of hydrogen-bond acceptors (Lipinski definition) is 3. The first-order valence-corrected chi connectivity index (χ1v) is 6.34. The van der Waals surface area contributed by atoms with E-state index in [2.05, 4.69) is 11.4 Å². The normalized spacial score (nSPS) is 20.9. The Morgan fingerprint density at radius 1 is 1.44 bits per heavy atom. The van der Waals surface area contributed by atoms with Gasteiger partial charge in [-0.1, -0.05) is 6.42 Å². The molecule has 0 aromatic carbocycles. The van der Waals surface area contributed by atoms with Crippen LogP contribution in [0.4, 0.5) is 0 Å². The van der Waals surface area contributed by atoms with Crippen molar-refractivity contribution >= 4 is 0 Å². The molecule has 16 heavy (non-hydrogen) atoms. The van der Waals surface area contributed by atoms with Gasteiger partial charge in [-0.25, -0.2) is 0 Å². The standard InChI is InChI=1S/C13H24N2O/c1-13(2,11-14)6-3-4-7-15-9-12-5-8-16-10-12/h12,15H,3-10H2,1-2H3. The maximum atomic E-state index is 8.86. The summed E-state index contributed by atoms with van der Waals surface area (Å²) in [5, 5.41) is 12.3. The minimum absolute atomic E-state index is 0.153. The molecule has 1 aliphatic rings. The molecule has 0 amide bonds. The van der Waals surface area contributed by atoms with Crippen LogP contribution in [0, 0.1) is 22.7 Å². The van der Waals surface area contributed by atoms with E-state index in [1.807, 2.05) is 13.8 Å². The smallest absolute Gasteiger partial charge is 0.0683 e. The van der Waals surface area contributed by atoms with Crippen LogP contribution in [0.1, 0.15) is 39.5 Å². The summed E-state index contributed by atoms with van der Waals surface area (Å²) in [6.45, 7) is 8.03. The molecule has 92 valence electrons. The van der Waals surface area contributed by atoms with Crippen LogP contribution >= 0.6 is 0 Å². The van der Waals surface area contributed by atoms with Crippen LogP contribution in [0.15, 0.2) is 0 Å². The first-order chi connectivity index (χ1) is 7.64. The zero-order valence-corrected chi connectivity index (χ0v) is 10.6. The van der Waals surface area contributed by atoms with Gasteiger partial charge in [-0.05, 0) is 45.6 Å². The Hall–Kier alpha value is -0.590. The minimum atomic E-state index is -0.153. The lowest BCUT2D eigenvalue weighted by molar-refractivity contribution is 0.185. The summed E-state index contributed by atoms with van der Waals surface area (Å²) in [4.78, 5) is 0. The van der Waals surface area contributed by atoms with Crippen LogP contribution in [-0.4, -0.2) is 26.3 Å². The van der Waals surface area contributed by atoms with Crippen molar-refractivity contribution in [3.63, 3.8) is 0 Å². The number of nitrogens with one attached hydrogen (secondary N) is 1. The number of unbranched alkanes of at least 4 members (excludes halogenated alkanes) is 1. The van der Waals surface area contributed by atoms with Crippen molar-refractivity contribution in [1.82, 2.24) is 5.32 Å². The van der Waals surface area contributed by atoms with Gasteiger partial charge in [0.2, 0.25) is 0 Å². The monoisotopic (exact) mass is 224 g/mol. The average molecular weight is 224 g/mol. The summed E-state index contributed by atoms with van der Waals surface area (Å²) in [5.74, 6) is 0.718. The maximum Gasteiger partial charge on any atom is 0.0683 e. The molecular weight excluding hydrogens is 200 g/mol. The van der Waals surface area contributed by atoms with E-state index in [0.29, 0.717) is 0 Å². The third kappa shape index (κ3) is 5.48. The van der Waals surface area contributed by atoms with Crippen LogP contribution in [0.5, 0.6) is 0 Å². The van der Waals surface area contributed by atoms with Gasteiger partial charge in [-0.3, -0.25) is 0 Å². The summed E-state index contributed by atoms with van der Waals surface area (Å²) in [5.41, 5.74) is -0.153. The van der Waals surface area contributed by atoms with Crippen molar-refractivity contribution in [2.45, 2.75) is 39.5 Å².